The number of nitrogens with one attached hydrogen (secondary N) is 1. The van der Waals surface area contributed by atoms with Gasteiger partial charge in [0.1, 0.15) is 11.3 Å². The molecule has 29 heavy (non-hydrogen) atoms. The van der Waals surface area contributed by atoms with Crippen LogP contribution in [0.25, 0.3) is 11.1 Å². The second-order valence-corrected chi connectivity index (χ2v) is 9.26. The van der Waals surface area contributed by atoms with E-state index in [-0.39, 0.29) is 11.9 Å². The van der Waals surface area contributed by atoms with Gasteiger partial charge in [-0.15, -0.1) is 11.8 Å². The van der Waals surface area contributed by atoms with Crippen LogP contribution >= 0.6 is 11.8 Å². The molecular weight excluding hydrogens is 388 g/mol. The Labute approximate surface area is 175 Å². The predicted molar refractivity (Wildman–Crippen MR) is 113 cm³/mol. The van der Waals surface area contributed by atoms with E-state index in [1.54, 1.807) is 7.11 Å². The SMILES string of the molecule is COc1ccc2oc(C3CCN([C@@H]4CN[C@H](C(=O)N5CCSC5)C4)CC3)nc2c1. The topological polar surface area (TPSA) is 70.8 Å². The minimum Gasteiger partial charge on any atom is -0.497 e. The van der Waals surface area contributed by atoms with Crippen LogP contribution in [-0.4, -0.2) is 77.7 Å². The molecule has 1 aromatic carbocycles. The molecular formula is C21H28N4O3S. The van der Waals surface area contributed by atoms with Crippen molar-refractivity contribution in [3.8, 4) is 5.75 Å². The first-order valence-corrected chi connectivity index (χ1v) is 11.6. The van der Waals surface area contributed by atoms with Gasteiger partial charge in [0.2, 0.25) is 5.91 Å². The zero-order valence-electron chi connectivity index (χ0n) is 16.8. The zero-order valence-corrected chi connectivity index (χ0v) is 17.6. The molecule has 2 atom stereocenters. The lowest BCUT2D eigenvalue weighted by molar-refractivity contribution is -0.131. The zero-order chi connectivity index (χ0) is 19.8. The Hall–Kier alpha value is -1.77. The lowest BCUT2D eigenvalue weighted by Crippen LogP contribution is -2.42. The third-order valence-corrected chi connectivity index (χ3v) is 7.44. The molecule has 3 aliphatic heterocycles. The van der Waals surface area contributed by atoms with E-state index >= 15 is 0 Å². The third-order valence-electron chi connectivity index (χ3n) is 6.48. The molecule has 7 nitrogen and oxygen atoms in total. The number of likely N-dealkylation sites (tertiary alicyclic amines) is 1. The van der Waals surface area contributed by atoms with Crippen LogP contribution < -0.4 is 10.1 Å². The second-order valence-electron chi connectivity index (χ2n) is 8.19. The minimum absolute atomic E-state index is 0.0107. The molecule has 0 radical (unpaired) electrons. The lowest BCUT2D eigenvalue weighted by Gasteiger charge is -2.34. The summed E-state index contributed by atoms with van der Waals surface area (Å²) in [5.74, 6) is 4.21. The highest BCUT2D eigenvalue weighted by atomic mass is 32.2. The van der Waals surface area contributed by atoms with Crippen LogP contribution in [0.4, 0.5) is 0 Å². The molecule has 0 bridgehead atoms. The number of thioether (sulfide) groups is 1. The van der Waals surface area contributed by atoms with E-state index in [9.17, 15) is 4.79 Å². The molecule has 0 spiro atoms. The first kappa shape index (κ1) is 19.2. The number of nitrogens with zero attached hydrogens (tertiary/aromatic N) is 3. The largest absolute Gasteiger partial charge is 0.497 e. The fourth-order valence-electron chi connectivity index (χ4n) is 4.73. The van der Waals surface area contributed by atoms with E-state index in [1.165, 1.54) is 0 Å². The number of piperidine rings is 1. The van der Waals surface area contributed by atoms with E-state index in [0.29, 0.717) is 12.0 Å². The van der Waals surface area contributed by atoms with Gasteiger partial charge in [0, 0.05) is 36.9 Å². The molecule has 156 valence electrons. The summed E-state index contributed by atoms with van der Waals surface area (Å²) in [6, 6.07) is 6.21. The number of hydrogen-bond donors (Lipinski definition) is 1. The van der Waals surface area contributed by atoms with Crippen molar-refractivity contribution in [1.82, 2.24) is 20.1 Å². The van der Waals surface area contributed by atoms with Gasteiger partial charge in [-0.05, 0) is 44.5 Å². The number of carbonyl (C=O) groups excluding carboxylic acids is 1. The van der Waals surface area contributed by atoms with Crippen molar-refractivity contribution in [3.63, 3.8) is 0 Å². The number of benzene rings is 1. The summed E-state index contributed by atoms with van der Waals surface area (Å²) in [7, 11) is 1.66. The van der Waals surface area contributed by atoms with Crippen LogP contribution in [0, 0.1) is 0 Å². The van der Waals surface area contributed by atoms with Crippen LogP contribution in [0.5, 0.6) is 5.75 Å². The Morgan fingerprint density at radius 3 is 2.93 bits per heavy atom. The highest BCUT2D eigenvalue weighted by molar-refractivity contribution is 7.99. The van der Waals surface area contributed by atoms with Crippen molar-refractivity contribution in [2.75, 3.05) is 44.9 Å². The Morgan fingerprint density at radius 1 is 1.31 bits per heavy atom. The molecule has 1 N–H and O–H groups in total. The van der Waals surface area contributed by atoms with Gasteiger partial charge in [0.05, 0.1) is 19.0 Å². The highest BCUT2D eigenvalue weighted by Gasteiger charge is 2.37. The van der Waals surface area contributed by atoms with Crippen molar-refractivity contribution in [3.05, 3.63) is 24.1 Å². The van der Waals surface area contributed by atoms with Gasteiger partial charge in [-0.1, -0.05) is 0 Å². The number of rotatable bonds is 4. The molecule has 4 heterocycles. The lowest BCUT2D eigenvalue weighted by atomic mass is 9.95. The summed E-state index contributed by atoms with van der Waals surface area (Å²) in [4.78, 5) is 21.9. The average Bonchev–Trinajstić information content (AvgIpc) is 3.53. The van der Waals surface area contributed by atoms with Crippen molar-refractivity contribution in [2.24, 2.45) is 0 Å². The normalized spacial score (nSPS) is 26.4. The van der Waals surface area contributed by atoms with Gasteiger partial charge in [-0.3, -0.25) is 9.69 Å². The Balaban J connectivity index is 1.17. The molecule has 0 saturated carbocycles. The summed E-state index contributed by atoms with van der Waals surface area (Å²) in [6.45, 7) is 3.86. The van der Waals surface area contributed by atoms with Gasteiger partial charge < -0.3 is 19.4 Å². The van der Waals surface area contributed by atoms with Gasteiger partial charge in [0.15, 0.2) is 11.5 Å². The van der Waals surface area contributed by atoms with E-state index in [2.05, 4.69) is 10.2 Å². The van der Waals surface area contributed by atoms with Crippen LogP contribution in [0.2, 0.25) is 0 Å². The number of fused-ring (bicyclic) bond motifs is 1. The highest BCUT2D eigenvalue weighted by Crippen LogP contribution is 2.32. The summed E-state index contributed by atoms with van der Waals surface area (Å²) < 4.78 is 11.3. The number of oxazole rings is 1. The third kappa shape index (κ3) is 3.85. The molecule has 1 aromatic heterocycles. The number of carbonyl (C=O) groups is 1. The summed E-state index contributed by atoms with van der Waals surface area (Å²) in [6.07, 6.45) is 3.01. The molecule has 8 heteroatoms. The first-order chi connectivity index (χ1) is 14.2. The molecule has 3 fully saturated rings. The molecule has 0 unspecified atom stereocenters. The Kier molecular flexibility index (Phi) is 5.41. The summed E-state index contributed by atoms with van der Waals surface area (Å²) in [5.41, 5.74) is 1.69. The Morgan fingerprint density at radius 2 is 2.17 bits per heavy atom. The maximum absolute atomic E-state index is 12.6. The fourth-order valence-corrected chi connectivity index (χ4v) is 5.69. The Bertz CT molecular complexity index is 874. The van der Waals surface area contributed by atoms with E-state index in [4.69, 9.17) is 14.1 Å². The van der Waals surface area contributed by atoms with Crippen LogP contribution in [0.15, 0.2) is 22.6 Å². The molecule has 2 aromatic rings. The van der Waals surface area contributed by atoms with Crippen molar-refractivity contribution in [1.29, 1.82) is 0 Å². The maximum Gasteiger partial charge on any atom is 0.240 e. The molecule has 3 aliphatic rings. The molecule has 5 rings (SSSR count). The first-order valence-electron chi connectivity index (χ1n) is 10.5. The van der Waals surface area contributed by atoms with E-state index < -0.39 is 0 Å². The summed E-state index contributed by atoms with van der Waals surface area (Å²) >= 11 is 1.84. The summed E-state index contributed by atoms with van der Waals surface area (Å²) in [5, 5.41) is 3.47. The van der Waals surface area contributed by atoms with E-state index in [0.717, 1.165) is 79.8 Å². The van der Waals surface area contributed by atoms with Gasteiger partial charge in [-0.25, -0.2) is 4.98 Å². The average molecular weight is 417 g/mol. The van der Waals surface area contributed by atoms with Crippen molar-refractivity contribution in [2.45, 2.75) is 37.3 Å². The van der Waals surface area contributed by atoms with Gasteiger partial charge >= 0.3 is 0 Å². The van der Waals surface area contributed by atoms with Crippen LogP contribution in [0.1, 0.15) is 31.1 Å². The molecule has 0 aliphatic carbocycles. The number of methoxy groups -OCH3 is 1. The maximum atomic E-state index is 12.6. The number of amides is 1. The standard InChI is InChI=1S/C21H28N4O3S/c1-27-16-2-3-19-17(11-16)23-20(28-19)14-4-6-24(7-5-14)15-10-18(22-12-15)21(26)25-8-9-29-13-25/h2-3,11,14-15,18,22H,4-10,12-13H2,1H3/t15-,18-/m0/s1. The second kappa shape index (κ2) is 8.16. The van der Waals surface area contributed by atoms with Crippen LogP contribution in [0.3, 0.4) is 0 Å². The number of ether oxygens (including phenoxy) is 1. The van der Waals surface area contributed by atoms with Gasteiger partial charge in [-0.2, -0.15) is 0 Å². The van der Waals surface area contributed by atoms with E-state index in [1.807, 2.05) is 34.9 Å². The van der Waals surface area contributed by atoms with Gasteiger partial charge in [0.25, 0.3) is 0 Å². The number of hydrogen-bond acceptors (Lipinski definition) is 7. The predicted octanol–water partition coefficient (Wildman–Crippen LogP) is 2.28. The minimum atomic E-state index is -0.0107. The molecule has 1 amide bonds. The monoisotopic (exact) mass is 416 g/mol. The smallest absolute Gasteiger partial charge is 0.240 e. The number of aromatic nitrogens is 1. The van der Waals surface area contributed by atoms with Crippen molar-refractivity contribution >= 4 is 28.8 Å². The fraction of sp³-hybridized carbons (Fsp3) is 0.619. The molecule has 3 saturated heterocycles. The van der Waals surface area contributed by atoms with Crippen LogP contribution in [-0.2, 0) is 4.79 Å². The van der Waals surface area contributed by atoms with Crippen molar-refractivity contribution < 1.29 is 13.9 Å². The quantitative estimate of drug-likeness (QED) is 0.820.